The third kappa shape index (κ3) is 2.56. The molecular weight excluding hydrogens is 297 g/mol. The van der Waals surface area contributed by atoms with E-state index < -0.39 is 5.82 Å². The number of benzene rings is 2. The predicted octanol–water partition coefficient (Wildman–Crippen LogP) is 5.46. The van der Waals surface area contributed by atoms with E-state index in [1.807, 2.05) is 0 Å². The molecule has 0 bridgehead atoms. The normalized spacial score (nSPS) is 10.5. The van der Waals surface area contributed by atoms with Gasteiger partial charge in [0.05, 0.1) is 17.2 Å². The van der Waals surface area contributed by atoms with Crippen molar-refractivity contribution in [2.45, 2.75) is 0 Å². The lowest BCUT2D eigenvalue weighted by molar-refractivity contribution is 0.411. The van der Waals surface area contributed by atoms with Gasteiger partial charge in [-0.15, -0.1) is 0 Å². The van der Waals surface area contributed by atoms with Crippen molar-refractivity contribution < 1.29 is 9.13 Å². The minimum atomic E-state index is -0.458. The lowest BCUT2D eigenvalue weighted by Gasteiger charge is -2.10. The number of ether oxygens (including phenoxy) is 1. The Balaban J connectivity index is 2.62. The molecule has 0 saturated carbocycles. The van der Waals surface area contributed by atoms with Crippen LogP contribution < -0.4 is 4.74 Å². The largest absolute Gasteiger partial charge is 0.497 e. The average molecular weight is 306 g/mol. The summed E-state index contributed by atoms with van der Waals surface area (Å²) in [5.41, 5.74) is 0.727. The van der Waals surface area contributed by atoms with Crippen molar-refractivity contribution in [3.8, 4) is 16.9 Å². The smallest absolute Gasteiger partial charge is 0.134 e. The second kappa shape index (κ2) is 5.35. The van der Waals surface area contributed by atoms with Crippen molar-refractivity contribution >= 4 is 34.8 Å². The Morgan fingerprint density at radius 2 is 1.61 bits per heavy atom. The molecule has 0 saturated heterocycles. The molecule has 2 rings (SSSR count). The second-order valence-electron chi connectivity index (χ2n) is 3.59. The van der Waals surface area contributed by atoms with Crippen LogP contribution in [0.15, 0.2) is 30.3 Å². The molecule has 0 amide bonds. The summed E-state index contributed by atoms with van der Waals surface area (Å²) in [6, 6.07) is 7.52. The molecule has 2 aromatic rings. The first-order chi connectivity index (χ1) is 8.52. The quantitative estimate of drug-likeness (QED) is 0.715. The summed E-state index contributed by atoms with van der Waals surface area (Å²) in [6.45, 7) is 0. The number of halogens is 4. The molecule has 0 aromatic heterocycles. The van der Waals surface area contributed by atoms with Gasteiger partial charge < -0.3 is 4.74 Å². The van der Waals surface area contributed by atoms with Crippen LogP contribution in [0.5, 0.6) is 5.75 Å². The van der Waals surface area contributed by atoms with Crippen LogP contribution in [0.3, 0.4) is 0 Å². The fourth-order valence-corrected chi connectivity index (χ4v) is 2.65. The maximum Gasteiger partial charge on any atom is 0.134 e. The zero-order chi connectivity index (χ0) is 13.3. The van der Waals surface area contributed by atoms with E-state index in [0.29, 0.717) is 31.9 Å². The third-order valence-electron chi connectivity index (χ3n) is 2.45. The Morgan fingerprint density at radius 3 is 2.11 bits per heavy atom. The lowest BCUT2D eigenvalue weighted by Crippen LogP contribution is -1.90. The maximum atomic E-state index is 14.0. The first-order valence-corrected chi connectivity index (χ1v) is 6.14. The first-order valence-electron chi connectivity index (χ1n) is 5.01. The number of methoxy groups -OCH3 is 1. The summed E-state index contributed by atoms with van der Waals surface area (Å²) in [4.78, 5) is 0. The van der Waals surface area contributed by atoms with E-state index in [4.69, 9.17) is 39.5 Å². The van der Waals surface area contributed by atoms with Crippen LogP contribution in [-0.4, -0.2) is 7.11 Å². The van der Waals surface area contributed by atoms with Crippen molar-refractivity contribution in [1.29, 1.82) is 0 Å². The summed E-state index contributed by atoms with van der Waals surface area (Å²) in [6.07, 6.45) is 0. The van der Waals surface area contributed by atoms with Crippen LogP contribution in [0.1, 0.15) is 0 Å². The molecule has 0 fully saturated rings. The predicted molar refractivity (Wildman–Crippen MR) is 73.4 cm³/mol. The molecule has 0 aliphatic heterocycles. The monoisotopic (exact) mass is 304 g/mol. The van der Waals surface area contributed by atoms with Crippen molar-refractivity contribution in [3.63, 3.8) is 0 Å². The molecule has 18 heavy (non-hydrogen) atoms. The Morgan fingerprint density at radius 1 is 1.00 bits per heavy atom. The topological polar surface area (TPSA) is 9.23 Å². The molecule has 0 unspecified atom stereocenters. The Labute approximate surface area is 119 Å². The fraction of sp³-hybridized carbons (Fsp3) is 0.0769. The Hall–Kier alpha value is -0.960. The van der Waals surface area contributed by atoms with E-state index in [0.717, 1.165) is 0 Å². The van der Waals surface area contributed by atoms with Crippen molar-refractivity contribution in [3.05, 3.63) is 51.2 Å². The van der Waals surface area contributed by atoms with Gasteiger partial charge in [-0.3, -0.25) is 0 Å². The van der Waals surface area contributed by atoms with Gasteiger partial charge in [-0.25, -0.2) is 4.39 Å². The highest BCUT2D eigenvalue weighted by Gasteiger charge is 2.14. The van der Waals surface area contributed by atoms with Crippen molar-refractivity contribution in [1.82, 2.24) is 0 Å². The SMILES string of the molecule is COc1ccc(-c2c(Cl)cc(Cl)cc2Cl)c(F)c1. The average Bonchev–Trinajstić information content (AvgIpc) is 2.29. The molecule has 0 N–H and O–H groups in total. The standard InChI is InChI=1S/C13H8Cl3FO/c1-18-8-2-3-9(12(17)6-8)13-10(15)4-7(14)5-11(13)16/h2-6H,1H3. The molecule has 0 aliphatic carbocycles. The molecule has 1 nitrogen and oxygen atoms in total. The van der Waals surface area contributed by atoms with Crippen LogP contribution in [0, 0.1) is 5.82 Å². The zero-order valence-corrected chi connectivity index (χ0v) is 11.6. The zero-order valence-electron chi connectivity index (χ0n) is 9.31. The summed E-state index contributed by atoms with van der Waals surface area (Å²) in [5.74, 6) is -0.0297. The summed E-state index contributed by atoms with van der Waals surface area (Å²) in [5, 5.41) is 1.01. The van der Waals surface area contributed by atoms with Gasteiger partial charge in [0, 0.05) is 22.2 Å². The second-order valence-corrected chi connectivity index (χ2v) is 4.84. The number of rotatable bonds is 2. The number of hydrogen-bond donors (Lipinski definition) is 0. The highest BCUT2D eigenvalue weighted by molar-refractivity contribution is 6.41. The van der Waals surface area contributed by atoms with E-state index in [2.05, 4.69) is 0 Å². The number of hydrogen-bond acceptors (Lipinski definition) is 1. The lowest BCUT2D eigenvalue weighted by atomic mass is 10.0. The van der Waals surface area contributed by atoms with Gasteiger partial charge in [0.2, 0.25) is 0 Å². The van der Waals surface area contributed by atoms with Gasteiger partial charge in [-0.05, 0) is 24.3 Å². The molecule has 2 aromatic carbocycles. The van der Waals surface area contributed by atoms with Gasteiger partial charge in [0.15, 0.2) is 0 Å². The Bertz CT molecular complexity index is 576. The molecule has 94 valence electrons. The van der Waals surface area contributed by atoms with Gasteiger partial charge in [-0.1, -0.05) is 34.8 Å². The van der Waals surface area contributed by atoms with E-state index in [1.54, 1.807) is 12.1 Å². The van der Waals surface area contributed by atoms with Gasteiger partial charge in [0.25, 0.3) is 0 Å². The van der Waals surface area contributed by atoms with E-state index in [1.165, 1.54) is 25.3 Å². The first kappa shape index (κ1) is 13.5. The summed E-state index contributed by atoms with van der Waals surface area (Å²) in [7, 11) is 1.47. The molecule has 0 aliphatic rings. The van der Waals surface area contributed by atoms with Gasteiger partial charge in [0.1, 0.15) is 11.6 Å². The van der Waals surface area contributed by atoms with Crippen LogP contribution in [0.4, 0.5) is 4.39 Å². The maximum absolute atomic E-state index is 14.0. The van der Waals surface area contributed by atoms with Gasteiger partial charge >= 0.3 is 0 Å². The highest BCUT2D eigenvalue weighted by Crippen LogP contribution is 2.39. The minimum Gasteiger partial charge on any atom is -0.497 e. The van der Waals surface area contributed by atoms with Crippen LogP contribution >= 0.6 is 34.8 Å². The van der Waals surface area contributed by atoms with Crippen molar-refractivity contribution in [2.75, 3.05) is 7.11 Å². The van der Waals surface area contributed by atoms with Gasteiger partial charge in [-0.2, -0.15) is 0 Å². The third-order valence-corrected chi connectivity index (χ3v) is 3.27. The molecular formula is C13H8Cl3FO. The molecule has 0 atom stereocenters. The molecule has 0 spiro atoms. The molecule has 0 heterocycles. The fourth-order valence-electron chi connectivity index (χ4n) is 1.63. The van der Waals surface area contributed by atoms with Crippen LogP contribution in [0.2, 0.25) is 15.1 Å². The molecule has 5 heteroatoms. The molecule has 0 radical (unpaired) electrons. The minimum absolute atomic E-state index is 0.302. The van der Waals surface area contributed by atoms with E-state index >= 15 is 0 Å². The summed E-state index contributed by atoms with van der Waals surface area (Å²) >= 11 is 17.9. The van der Waals surface area contributed by atoms with E-state index in [9.17, 15) is 4.39 Å². The highest BCUT2D eigenvalue weighted by atomic mass is 35.5. The Kier molecular flexibility index (Phi) is 4.00. The van der Waals surface area contributed by atoms with Crippen LogP contribution in [-0.2, 0) is 0 Å². The van der Waals surface area contributed by atoms with Crippen LogP contribution in [0.25, 0.3) is 11.1 Å². The van der Waals surface area contributed by atoms with Crippen molar-refractivity contribution in [2.24, 2.45) is 0 Å². The summed E-state index contributed by atoms with van der Waals surface area (Å²) < 4.78 is 18.9. The van der Waals surface area contributed by atoms with E-state index in [-0.39, 0.29) is 0 Å².